The van der Waals surface area contributed by atoms with Gasteiger partial charge < -0.3 is 5.73 Å². The van der Waals surface area contributed by atoms with Crippen molar-refractivity contribution in [3.63, 3.8) is 0 Å². The van der Waals surface area contributed by atoms with Crippen LogP contribution in [-0.2, 0) is 19.3 Å². The summed E-state index contributed by atoms with van der Waals surface area (Å²) in [6.45, 7) is 2.17. The van der Waals surface area contributed by atoms with Gasteiger partial charge in [0, 0.05) is 5.69 Å². The maximum atomic E-state index is 5.84. The smallest absolute Gasteiger partial charge is 0.123 e. The molecule has 0 fully saturated rings. The van der Waals surface area contributed by atoms with Crippen LogP contribution in [0.2, 0.25) is 0 Å². The minimum Gasteiger partial charge on any atom is -0.384 e. The zero-order valence-electron chi connectivity index (χ0n) is 9.55. The van der Waals surface area contributed by atoms with E-state index in [9.17, 15) is 0 Å². The van der Waals surface area contributed by atoms with Crippen molar-refractivity contribution < 1.29 is 0 Å². The van der Waals surface area contributed by atoms with Gasteiger partial charge in [-0.05, 0) is 49.3 Å². The Morgan fingerprint density at radius 1 is 1.20 bits per heavy atom. The van der Waals surface area contributed by atoms with Crippen LogP contribution in [0.1, 0.15) is 49.4 Å². The van der Waals surface area contributed by atoms with E-state index in [1.807, 2.05) is 0 Å². The van der Waals surface area contributed by atoms with Crippen LogP contribution in [0.15, 0.2) is 6.07 Å². The van der Waals surface area contributed by atoms with E-state index in [1.165, 1.54) is 55.3 Å². The predicted molar refractivity (Wildman–Crippen MR) is 63.9 cm³/mol. The van der Waals surface area contributed by atoms with Crippen LogP contribution in [0.4, 0.5) is 5.82 Å². The highest BCUT2D eigenvalue weighted by Gasteiger charge is 2.12. The van der Waals surface area contributed by atoms with Crippen LogP contribution < -0.4 is 5.73 Å². The van der Waals surface area contributed by atoms with Gasteiger partial charge in [-0.2, -0.15) is 0 Å². The third-order valence-electron chi connectivity index (χ3n) is 3.28. The SMILES string of the molecule is CCc1nc(N)cc2c1CCCCCC2. The van der Waals surface area contributed by atoms with E-state index in [0.29, 0.717) is 5.82 Å². The second kappa shape index (κ2) is 4.65. The molecule has 0 radical (unpaired) electrons. The van der Waals surface area contributed by atoms with Gasteiger partial charge in [0.2, 0.25) is 0 Å². The highest BCUT2D eigenvalue weighted by molar-refractivity contribution is 5.42. The van der Waals surface area contributed by atoms with E-state index < -0.39 is 0 Å². The summed E-state index contributed by atoms with van der Waals surface area (Å²) in [6.07, 6.45) is 8.75. The minimum atomic E-state index is 0.700. The highest BCUT2D eigenvalue weighted by atomic mass is 14.8. The predicted octanol–water partition coefficient (Wildman–Crippen LogP) is 2.89. The standard InChI is InChI=1S/C13H20N2/c1-2-12-11-8-6-4-3-5-7-10(11)9-13(14)15-12/h9H,2-8H2,1H3,(H2,14,15). The van der Waals surface area contributed by atoms with E-state index in [-0.39, 0.29) is 0 Å². The Kier molecular flexibility index (Phi) is 3.24. The normalized spacial score (nSPS) is 16.6. The van der Waals surface area contributed by atoms with Crippen LogP contribution in [0.5, 0.6) is 0 Å². The number of hydrogen-bond acceptors (Lipinski definition) is 2. The van der Waals surface area contributed by atoms with Gasteiger partial charge in [-0.15, -0.1) is 0 Å². The monoisotopic (exact) mass is 204 g/mol. The van der Waals surface area contributed by atoms with Gasteiger partial charge in [0.15, 0.2) is 0 Å². The Morgan fingerprint density at radius 3 is 2.67 bits per heavy atom. The van der Waals surface area contributed by atoms with Crippen molar-refractivity contribution in [1.82, 2.24) is 4.98 Å². The molecule has 2 heteroatoms. The summed E-state index contributed by atoms with van der Waals surface area (Å²) >= 11 is 0. The third-order valence-corrected chi connectivity index (χ3v) is 3.28. The first-order valence-electron chi connectivity index (χ1n) is 6.08. The van der Waals surface area contributed by atoms with Crippen molar-refractivity contribution in [1.29, 1.82) is 0 Å². The molecule has 0 bridgehead atoms. The van der Waals surface area contributed by atoms with E-state index in [0.717, 1.165) is 6.42 Å². The quantitative estimate of drug-likeness (QED) is 0.764. The van der Waals surface area contributed by atoms with Crippen molar-refractivity contribution in [2.75, 3.05) is 5.73 Å². The number of aromatic nitrogens is 1. The van der Waals surface area contributed by atoms with Crippen LogP contribution in [0.25, 0.3) is 0 Å². The second-order valence-corrected chi connectivity index (χ2v) is 4.40. The minimum absolute atomic E-state index is 0.700. The van der Waals surface area contributed by atoms with Gasteiger partial charge in [-0.1, -0.05) is 19.8 Å². The van der Waals surface area contributed by atoms with Gasteiger partial charge >= 0.3 is 0 Å². The summed E-state index contributed by atoms with van der Waals surface area (Å²) in [4.78, 5) is 4.46. The van der Waals surface area contributed by atoms with Crippen LogP contribution in [0, 0.1) is 0 Å². The number of nitrogens with zero attached hydrogens (tertiary/aromatic N) is 1. The first kappa shape index (κ1) is 10.5. The summed E-state index contributed by atoms with van der Waals surface area (Å²) in [5.41, 5.74) is 10.0. The molecule has 0 atom stereocenters. The lowest BCUT2D eigenvalue weighted by Gasteiger charge is -2.17. The van der Waals surface area contributed by atoms with Crippen molar-refractivity contribution >= 4 is 5.82 Å². The molecule has 1 aromatic heterocycles. The third kappa shape index (κ3) is 2.31. The number of nitrogens with two attached hydrogens (primary N) is 1. The molecule has 2 rings (SSSR count). The van der Waals surface area contributed by atoms with Crippen LogP contribution >= 0.6 is 0 Å². The van der Waals surface area contributed by atoms with E-state index in [2.05, 4.69) is 18.0 Å². The molecule has 0 aromatic carbocycles. The number of fused-ring (bicyclic) bond motifs is 1. The molecule has 1 aromatic rings. The molecule has 1 heterocycles. The lowest BCUT2D eigenvalue weighted by atomic mass is 9.92. The Morgan fingerprint density at radius 2 is 1.93 bits per heavy atom. The van der Waals surface area contributed by atoms with Gasteiger partial charge in [0.25, 0.3) is 0 Å². The number of hydrogen-bond donors (Lipinski definition) is 1. The molecule has 0 amide bonds. The number of anilines is 1. The average molecular weight is 204 g/mol. The van der Waals surface area contributed by atoms with Gasteiger partial charge in [-0.3, -0.25) is 0 Å². The molecule has 82 valence electrons. The lowest BCUT2D eigenvalue weighted by molar-refractivity contribution is 0.612. The highest BCUT2D eigenvalue weighted by Crippen LogP contribution is 2.24. The fourth-order valence-electron chi connectivity index (χ4n) is 2.50. The molecule has 0 spiro atoms. The van der Waals surface area contributed by atoms with Gasteiger partial charge in [-0.25, -0.2) is 4.98 Å². The Bertz CT molecular complexity index is 345. The number of rotatable bonds is 1. The summed E-state index contributed by atoms with van der Waals surface area (Å²) in [5.74, 6) is 0.700. The molecule has 0 aliphatic heterocycles. The molecular weight excluding hydrogens is 184 g/mol. The Balaban J connectivity index is 2.40. The first-order chi connectivity index (χ1) is 7.31. The van der Waals surface area contributed by atoms with Crippen molar-refractivity contribution in [2.45, 2.75) is 51.9 Å². The molecule has 1 aliphatic rings. The fourth-order valence-corrected chi connectivity index (χ4v) is 2.50. The van der Waals surface area contributed by atoms with Crippen molar-refractivity contribution in [2.24, 2.45) is 0 Å². The molecule has 0 saturated heterocycles. The molecule has 0 unspecified atom stereocenters. The summed E-state index contributed by atoms with van der Waals surface area (Å²) in [7, 11) is 0. The molecule has 2 nitrogen and oxygen atoms in total. The van der Waals surface area contributed by atoms with Gasteiger partial charge in [0.1, 0.15) is 5.82 Å². The number of pyridine rings is 1. The lowest BCUT2D eigenvalue weighted by Crippen LogP contribution is -2.07. The molecule has 15 heavy (non-hydrogen) atoms. The fraction of sp³-hybridized carbons (Fsp3) is 0.615. The number of nitrogen functional groups attached to an aromatic ring is 1. The summed E-state index contributed by atoms with van der Waals surface area (Å²) in [6, 6.07) is 2.08. The largest absolute Gasteiger partial charge is 0.384 e. The topological polar surface area (TPSA) is 38.9 Å². The number of aryl methyl sites for hydroxylation is 2. The maximum Gasteiger partial charge on any atom is 0.123 e. The zero-order chi connectivity index (χ0) is 10.7. The average Bonchev–Trinajstić information content (AvgIpc) is 2.19. The molecule has 0 saturated carbocycles. The van der Waals surface area contributed by atoms with E-state index in [1.54, 1.807) is 0 Å². The molecule has 1 aliphatic carbocycles. The van der Waals surface area contributed by atoms with Crippen LogP contribution in [-0.4, -0.2) is 4.98 Å². The summed E-state index contributed by atoms with van der Waals surface area (Å²) in [5, 5.41) is 0. The molecule has 2 N–H and O–H groups in total. The van der Waals surface area contributed by atoms with E-state index in [4.69, 9.17) is 5.73 Å². The zero-order valence-corrected chi connectivity index (χ0v) is 9.55. The second-order valence-electron chi connectivity index (χ2n) is 4.40. The summed E-state index contributed by atoms with van der Waals surface area (Å²) < 4.78 is 0. The molecular formula is C13H20N2. The van der Waals surface area contributed by atoms with Crippen LogP contribution in [0.3, 0.4) is 0 Å². The maximum absolute atomic E-state index is 5.84. The Labute approximate surface area is 91.9 Å². The van der Waals surface area contributed by atoms with Crippen molar-refractivity contribution in [3.05, 3.63) is 22.9 Å². The van der Waals surface area contributed by atoms with Crippen molar-refractivity contribution in [3.8, 4) is 0 Å². The van der Waals surface area contributed by atoms with Gasteiger partial charge in [0.05, 0.1) is 0 Å². The van der Waals surface area contributed by atoms with E-state index >= 15 is 0 Å². The Hall–Kier alpha value is -1.05. The first-order valence-corrected chi connectivity index (χ1v) is 6.08.